The minimum Gasteiger partial charge on any atom is -0.222 e. The van der Waals surface area contributed by atoms with E-state index in [1.165, 1.54) is 7.14 Å². The van der Waals surface area contributed by atoms with Gasteiger partial charge in [0.2, 0.25) is 0 Å². The van der Waals surface area contributed by atoms with E-state index in [-0.39, 0.29) is 21.2 Å². The van der Waals surface area contributed by atoms with E-state index >= 15 is 0 Å². The van der Waals surface area contributed by atoms with Crippen LogP contribution in [0.4, 0.5) is 0 Å². The van der Waals surface area contributed by atoms with Crippen LogP contribution >= 0.6 is 23.2 Å². The molecule has 2 aromatic carbocycles. The third kappa shape index (κ3) is 8.93. The van der Waals surface area contributed by atoms with E-state index in [2.05, 4.69) is 24.3 Å². The van der Waals surface area contributed by atoms with Gasteiger partial charge >= 0.3 is 21.2 Å². The molecular formula is C12H8Cl3IO4. The fourth-order valence-corrected chi connectivity index (χ4v) is 3.52. The average molecular weight is 449 g/mol. The SMILES string of the molecule is Clc1ccc([I+]c2ccc(Cl)cc2)cc1.[O-][Cl+3]([O-])([O-])[O-]. The molecule has 2 aromatic rings. The van der Waals surface area contributed by atoms with Gasteiger partial charge in [0.25, 0.3) is 0 Å². The van der Waals surface area contributed by atoms with Crippen molar-refractivity contribution in [3.8, 4) is 0 Å². The van der Waals surface area contributed by atoms with Crippen molar-refractivity contribution < 1.29 is 50.1 Å². The van der Waals surface area contributed by atoms with Gasteiger partial charge in [0, 0.05) is 10.0 Å². The lowest BCUT2D eigenvalue weighted by Crippen LogP contribution is -3.61. The van der Waals surface area contributed by atoms with Crippen LogP contribution in [0.1, 0.15) is 0 Å². The molecule has 0 aromatic heterocycles. The molecule has 0 spiro atoms. The lowest BCUT2D eigenvalue weighted by Gasteiger charge is -2.17. The Hall–Kier alpha value is -0.120. The van der Waals surface area contributed by atoms with Crippen LogP contribution in [0.5, 0.6) is 0 Å². The van der Waals surface area contributed by atoms with E-state index in [9.17, 15) is 0 Å². The molecule has 0 N–H and O–H groups in total. The zero-order valence-electron chi connectivity index (χ0n) is 9.76. The highest BCUT2D eigenvalue weighted by Gasteiger charge is 2.14. The Morgan fingerprint density at radius 1 is 0.650 bits per heavy atom. The zero-order valence-corrected chi connectivity index (χ0v) is 14.2. The molecule has 0 aliphatic heterocycles. The monoisotopic (exact) mass is 448 g/mol. The van der Waals surface area contributed by atoms with Gasteiger partial charge in [0.15, 0.2) is 7.14 Å². The van der Waals surface area contributed by atoms with Crippen molar-refractivity contribution in [2.24, 2.45) is 0 Å². The number of rotatable bonds is 2. The van der Waals surface area contributed by atoms with Crippen LogP contribution in [-0.2, 0) is 0 Å². The normalized spacial score (nSPS) is 10.7. The minimum absolute atomic E-state index is 0.114. The molecule has 0 amide bonds. The second kappa shape index (κ2) is 8.35. The van der Waals surface area contributed by atoms with Gasteiger partial charge < -0.3 is 0 Å². The summed E-state index contributed by atoms with van der Waals surface area (Å²) in [6.07, 6.45) is 0. The lowest BCUT2D eigenvalue weighted by atomic mass is 10.4. The number of halogens is 4. The molecule has 2 rings (SSSR count). The summed E-state index contributed by atoms with van der Waals surface area (Å²) < 4.78 is 36.7. The maximum atomic E-state index is 8.49. The van der Waals surface area contributed by atoms with Gasteiger partial charge in [-0.1, -0.05) is 23.2 Å². The van der Waals surface area contributed by atoms with E-state index in [1.54, 1.807) is 0 Å². The molecular weight excluding hydrogens is 441 g/mol. The Morgan fingerprint density at radius 2 is 0.900 bits per heavy atom. The van der Waals surface area contributed by atoms with E-state index in [1.807, 2.05) is 24.3 Å². The molecule has 0 aliphatic rings. The fraction of sp³-hybridized carbons (Fsp3) is 0. The summed E-state index contributed by atoms with van der Waals surface area (Å²) in [6.45, 7) is 0. The van der Waals surface area contributed by atoms with Crippen molar-refractivity contribution in [3.63, 3.8) is 0 Å². The Balaban J connectivity index is 0.000000347. The first-order valence-electron chi connectivity index (χ1n) is 5.02. The molecule has 0 atom stereocenters. The molecule has 20 heavy (non-hydrogen) atoms. The summed E-state index contributed by atoms with van der Waals surface area (Å²) in [6, 6.07) is 16.1. The Labute approximate surface area is 138 Å². The Bertz CT molecular complexity index is 476. The molecule has 4 nitrogen and oxygen atoms in total. The Kier molecular flexibility index (Phi) is 7.49. The van der Waals surface area contributed by atoms with E-state index in [4.69, 9.17) is 41.8 Å². The Morgan fingerprint density at radius 3 is 1.15 bits per heavy atom. The highest BCUT2D eigenvalue weighted by atomic mass is 127. The van der Waals surface area contributed by atoms with E-state index in [0.29, 0.717) is 0 Å². The second-order valence-corrected chi connectivity index (χ2v) is 8.00. The van der Waals surface area contributed by atoms with Crippen LogP contribution in [0, 0.1) is 17.4 Å². The fourth-order valence-electron chi connectivity index (χ4n) is 1.11. The second-order valence-electron chi connectivity index (χ2n) is 3.35. The maximum Gasteiger partial charge on any atom is 0.357 e. The van der Waals surface area contributed by atoms with Crippen LogP contribution in [0.15, 0.2) is 48.5 Å². The first-order chi connectivity index (χ1) is 9.24. The molecule has 0 saturated carbocycles. The molecule has 0 heterocycles. The molecule has 0 fully saturated rings. The number of hydrogen-bond donors (Lipinski definition) is 0. The molecule has 0 saturated heterocycles. The zero-order chi connectivity index (χ0) is 15.2. The van der Waals surface area contributed by atoms with Crippen LogP contribution in [0.25, 0.3) is 0 Å². The van der Waals surface area contributed by atoms with E-state index < -0.39 is 10.2 Å². The highest BCUT2D eigenvalue weighted by Crippen LogP contribution is 2.05. The molecule has 0 unspecified atom stereocenters. The quantitative estimate of drug-likeness (QED) is 0.443. The largest absolute Gasteiger partial charge is 0.357 e. The maximum absolute atomic E-state index is 8.49. The number of benzene rings is 2. The summed E-state index contributed by atoms with van der Waals surface area (Å²) in [5.41, 5.74) is 0. The molecule has 0 bridgehead atoms. The van der Waals surface area contributed by atoms with Crippen molar-refractivity contribution in [1.29, 1.82) is 0 Å². The van der Waals surface area contributed by atoms with Crippen LogP contribution in [-0.4, -0.2) is 0 Å². The van der Waals surface area contributed by atoms with Crippen LogP contribution < -0.4 is 39.8 Å². The highest BCUT2D eigenvalue weighted by molar-refractivity contribution is 6.30. The van der Waals surface area contributed by atoms with Crippen molar-refractivity contribution in [2.75, 3.05) is 0 Å². The predicted molar refractivity (Wildman–Crippen MR) is 60.3 cm³/mol. The van der Waals surface area contributed by atoms with Crippen molar-refractivity contribution >= 4 is 23.2 Å². The van der Waals surface area contributed by atoms with Crippen LogP contribution in [0.2, 0.25) is 10.0 Å². The topological polar surface area (TPSA) is 92.2 Å². The van der Waals surface area contributed by atoms with E-state index in [0.717, 1.165) is 10.0 Å². The first kappa shape index (κ1) is 17.9. The molecule has 108 valence electrons. The summed E-state index contributed by atoms with van der Waals surface area (Å²) >= 11 is 11.5. The van der Waals surface area contributed by atoms with Gasteiger partial charge in [-0.2, -0.15) is 0 Å². The molecule has 0 aliphatic carbocycles. The van der Waals surface area contributed by atoms with Crippen molar-refractivity contribution in [1.82, 2.24) is 0 Å². The van der Waals surface area contributed by atoms with Gasteiger partial charge in [-0.25, -0.2) is 18.6 Å². The molecule has 8 heteroatoms. The lowest BCUT2D eigenvalue weighted by molar-refractivity contribution is -2.00. The molecule has 0 radical (unpaired) electrons. The van der Waals surface area contributed by atoms with Crippen LogP contribution in [0.3, 0.4) is 0 Å². The van der Waals surface area contributed by atoms with Gasteiger partial charge in [0.05, 0.1) is 0 Å². The van der Waals surface area contributed by atoms with Gasteiger partial charge in [-0.15, -0.1) is 10.2 Å². The summed E-state index contributed by atoms with van der Waals surface area (Å²) in [7, 11) is -4.94. The standard InChI is InChI=1S/C12H8Cl2I.ClHO4/c13-9-1-5-11(6-2-9)15-12-7-3-10(14)4-8-12;2-1(3,4)5/h1-8H;(H,2,3,4,5)/q+1;/p-1. The van der Waals surface area contributed by atoms with Crippen molar-refractivity contribution in [2.45, 2.75) is 0 Å². The summed E-state index contributed by atoms with van der Waals surface area (Å²) in [5, 5.41) is 1.58. The van der Waals surface area contributed by atoms with Gasteiger partial charge in [-0.3, -0.25) is 0 Å². The third-order valence-corrected chi connectivity index (χ3v) is 5.01. The number of hydrogen-bond acceptors (Lipinski definition) is 4. The summed E-state index contributed by atoms with van der Waals surface area (Å²) in [5.74, 6) is 0. The average Bonchev–Trinajstić information content (AvgIpc) is 2.33. The van der Waals surface area contributed by atoms with Gasteiger partial charge in [-0.05, 0) is 48.5 Å². The third-order valence-electron chi connectivity index (χ3n) is 1.83. The van der Waals surface area contributed by atoms with Gasteiger partial charge in [0.1, 0.15) is 0 Å². The smallest absolute Gasteiger partial charge is 0.222 e. The first-order valence-corrected chi connectivity index (χ1v) is 9.16. The summed E-state index contributed by atoms with van der Waals surface area (Å²) in [4.78, 5) is 0. The van der Waals surface area contributed by atoms with Crippen molar-refractivity contribution in [3.05, 3.63) is 65.7 Å². The minimum atomic E-state index is -4.94. The predicted octanol–water partition coefficient (Wildman–Crippen LogP) is -3.63.